The van der Waals surface area contributed by atoms with Gasteiger partial charge in [-0.3, -0.25) is 4.79 Å². The van der Waals surface area contributed by atoms with Gasteiger partial charge < -0.3 is 15.3 Å². The van der Waals surface area contributed by atoms with Gasteiger partial charge in [-0.1, -0.05) is 27.7 Å². The van der Waals surface area contributed by atoms with Gasteiger partial charge in [0.2, 0.25) is 5.91 Å². The first-order valence-electron chi connectivity index (χ1n) is 8.92. The number of nitrogens with one attached hydrogen (secondary N) is 1. The number of anilines is 2. The Kier molecular flexibility index (Phi) is 6.21. The number of amides is 1. The lowest BCUT2D eigenvalue weighted by Gasteiger charge is -2.33. The van der Waals surface area contributed by atoms with E-state index in [1.165, 1.54) is 0 Å². The molecule has 0 radical (unpaired) electrons. The zero-order valence-electron chi connectivity index (χ0n) is 15.4. The quantitative estimate of drug-likeness (QED) is 0.868. The van der Waals surface area contributed by atoms with E-state index in [9.17, 15) is 9.90 Å². The second-order valence-electron chi connectivity index (χ2n) is 8.01. The number of hydrogen-bond acceptors (Lipinski definition) is 4. The normalized spacial score (nSPS) is 17.6. The maximum atomic E-state index is 12.4. The average molecular weight is 333 g/mol. The van der Waals surface area contributed by atoms with Crippen molar-refractivity contribution in [3.8, 4) is 0 Å². The molecule has 0 saturated carbocycles. The van der Waals surface area contributed by atoms with E-state index in [1.54, 1.807) is 6.20 Å². The molecule has 134 valence electrons. The van der Waals surface area contributed by atoms with E-state index < -0.39 is 0 Å². The molecule has 1 fully saturated rings. The first kappa shape index (κ1) is 18.7. The Labute approximate surface area is 145 Å². The Morgan fingerprint density at radius 3 is 2.67 bits per heavy atom. The van der Waals surface area contributed by atoms with Gasteiger partial charge in [-0.25, -0.2) is 4.98 Å². The molecule has 1 unspecified atom stereocenters. The molecule has 1 aliphatic heterocycles. The van der Waals surface area contributed by atoms with Crippen LogP contribution in [0.2, 0.25) is 0 Å². The van der Waals surface area contributed by atoms with Crippen molar-refractivity contribution in [3.63, 3.8) is 0 Å². The summed E-state index contributed by atoms with van der Waals surface area (Å²) in [4.78, 5) is 19.1. The summed E-state index contributed by atoms with van der Waals surface area (Å²) in [5.41, 5.74) is 0.896. The van der Waals surface area contributed by atoms with Gasteiger partial charge >= 0.3 is 0 Å². The minimum Gasteiger partial charge on any atom is -0.396 e. The van der Waals surface area contributed by atoms with Crippen molar-refractivity contribution in [2.75, 3.05) is 29.9 Å². The van der Waals surface area contributed by atoms with Crippen molar-refractivity contribution in [2.24, 2.45) is 17.3 Å². The zero-order chi connectivity index (χ0) is 17.7. The van der Waals surface area contributed by atoms with Gasteiger partial charge in [0.25, 0.3) is 0 Å². The van der Waals surface area contributed by atoms with Gasteiger partial charge in [0, 0.05) is 32.3 Å². The Bertz CT molecular complexity index is 546. The van der Waals surface area contributed by atoms with Crippen LogP contribution in [-0.2, 0) is 4.79 Å². The molecule has 24 heavy (non-hydrogen) atoms. The molecule has 2 heterocycles. The highest BCUT2D eigenvalue weighted by atomic mass is 16.3. The second-order valence-corrected chi connectivity index (χ2v) is 8.01. The molecule has 1 amide bonds. The predicted molar refractivity (Wildman–Crippen MR) is 98.1 cm³/mol. The van der Waals surface area contributed by atoms with Gasteiger partial charge in [0.05, 0.1) is 5.69 Å². The summed E-state index contributed by atoms with van der Waals surface area (Å²) in [6.07, 6.45) is 4.19. The van der Waals surface area contributed by atoms with Gasteiger partial charge in [-0.15, -0.1) is 0 Å². The van der Waals surface area contributed by atoms with E-state index in [0.29, 0.717) is 18.3 Å². The number of piperidine rings is 1. The van der Waals surface area contributed by atoms with Crippen LogP contribution in [0.4, 0.5) is 11.5 Å². The van der Waals surface area contributed by atoms with Crippen LogP contribution in [0.25, 0.3) is 0 Å². The number of nitrogens with zero attached hydrogens (tertiary/aromatic N) is 2. The molecule has 1 aliphatic rings. The monoisotopic (exact) mass is 333 g/mol. The number of aromatic nitrogens is 1. The fourth-order valence-corrected chi connectivity index (χ4v) is 2.86. The van der Waals surface area contributed by atoms with Crippen molar-refractivity contribution < 1.29 is 9.90 Å². The molecule has 2 rings (SSSR count). The van der Waals surface area contributed by atoms with Crippen LogP contribution in [0.1, 0.15) is 47.0 Å². The lowest BCUT2D eigenvalue weighted by Crippen LogP contribution is -2.36. The molecule has 0 aromatic carbocycles. The van der Waals surface area contributed by atoms with Crippen LogP contribution in [0.3, 0.4) is 0 Å². The van der Waals surface area contributed by atoms with Crippen molar-refractivity contribution >= 4 is 17.4 Å². The van der Waals surface area contributed by atoms with E-state index >= 15 is 0 Å². The third-order valence-corrected chi connectivity index (χ3v) is 5.20. The maximum Gasteiger partial charge on any atom is 0.224 e. The smallest absolute Gasteiger partial charge is 0.224 e. The first-order valence-corrected chi connectivity index (χ1v) is 8.92. The van der Waals surface area contributed by atoms with Crippen LogP contribution in [0.15, 0.2) is 18.3 Å². The summed E-state index contributed by atoms with van der Waals surface area (Å²) in [6, 6.07) is 3.77. The van der Waals surface area contributed by atoms with Crippen molar-refractivity contribution in [1.82, 2.24) is 4.98 Å². The summed E-state index contributed by atoms with van der Waals surface area (Å²) in [7, 11) is 0. The molecule has 5 heteroatoms. The first-order chi connectivity index (χ1) is 11.3. The van der Waals surface area contributed by atoms with Crippen LogP contribution >= 0.6 is 0 Å². The summed E-state index contributed by atoms with van der Waals surface area (Å²) >= 11 is 0. The summed E-state index contributed by atoms with van der Waals surface area (Å²) < 4.78 is 0. The van der Waals surface area contributed by atoms with Crippen molar-refractivity contribution in [1.29, 1.82) is 0 Å². The molecule has 1 aromatic heterocycles. The van der Waals surface area contributed by atoms with E-state index in [-0.39, 0.29) is 17.9 Å². The standard InChI is InChI=1S/C19H31N3O2/c1-14(19(2,3)4)12-17(24)21-16-6-5-9-20-18(16)22-10-7-15(13-23)8-11-22/h5-6,9,14-15,23H,7-8,10-13H2,1-4H3,(H,21,24). The number of pyridine rings is 1. The minimum atomic E-state index is 0.0388. The highest BCUT2D eigenvalue weighted by molar-refractivity contribution is 5.93. The Morgan fingerprint density at radius 1 is 1.42 bits per heavy atom. The van der Waals surface area contributed by atoms with Crippen LogP contribution in [0, 0.1) is 17.3 Å². The molecule has 0 spiro atoms. The van der Waals surface area contributed by atoms with Crippen molar-refractivity contribution in [3.05, 3.63) is 18.3 Å². The molecule has 1 atom stereocenters. The summed E-state index contributed by atoms with van der Waals surface area (Å²) in [5, 5.41) is 12.3. The van der Waals surface area contributed by atoms with Gasteiger partial charge in [0.15, 0.2) is 5.82 Å². The zero-order valence-corrected chi connectivity index (χ0v) is 15.4. The Balaban J connectivity index is 2.03. The fraction of sp³-hybridized carbons (Fsp3) is 0.684. The molecule has 0 bridgehead atoms. The van der Waals surface area contributed by atoms with Crippen LogP contribution < -0.4 is 10.2 Å². The molecule has 1 saturated heterocycles. The summed E-state index contributed by atoms with van der Waals surface area (Å²) in [5.74, 6) is 1.57. The number of hydrogen-bond donors (Lipinski definition) is 2. The second kappa shape index (κ2) is 7.97. The predicted octanol–water partition coefficient (Wildman–Crippen LogP) is 3.30. The lowest BCUT2D eigenvalue weighted by molar-refractivity contribution is -0.117. The Hall–Kier alpha value is -1.62. The van der Waals surface area contributed by atoms with E-state index in [2.05, 4.69) is 42.9 Å². The minimum absolute atomic E-state index is 0.0388. The topological polar surface area (TPSA) is 65.5 Å². The SMILES string of the molecule is CC(CC(=O)Nc1cccnc1N1CCC(CO)CC1)C(C)(C)C. The summed E-state index contributed by atoms with van der Waals surface area (Å²) in [6.45, 7) is 10.6. The van der Waals surface area contributed by atoms with Crippen LogP contribution in [0.5, 0.6) is 0 Å². The Morgan fingerprint density at radius 2 is 2.08 bits per heavy atom. The lowest BCUT2D eigenvalue weighted by atomic mass is 9.80. The highest BCUT2D eigenvalue weighted by Gasteiger charge is 2.24. The van der Waals surface area contributed by atoms with Gasteiger partial charge in [0.1, 0.15) is 0 Å². The van der Waals surface area contributed by atoms with Gasteiger partial charge in [-0.2, -0.15) is 0 Å². The molecule has 0 aliphatic carbocycles. The molecule has 2 N–H and O–H groups in total. The fourth-order valence-electron chi connectivity index (χ4n) is 2.86. The third kappa shape index (κ3) is 4.94. The number of rotatable bonds is 5. The number of aliphatic hydroxyl groups is 1. The van der Waals surface area contributed by atoms with E-state index in [0.717, 1.165) is 37.4 Å². The molecular weight excluding hydrogens is 302 g/mol. The van der Waals surface area contributed by atoms with E-state index in [4.69, 9.17) is 0 Å². The average Bonchev–Trinajstić information content (AvgIpc) is 2.54. The largest absolute Gasteiger partial charge is 0.396 e. The number of carbonyl (C=O) groups excluding carboxylic acids is 1. The highest BCUT2D eigenvalue weighted by Crippen LogP contribution is 2.30. The number of carbonyl (C=O) groups is 1. The van der Waals surface area contributed by atoms with Crippen LogP contribution in [-0.4, -0.2) is 35.7 Å². The third-order valence-electron chi connectivity index (χ3n) is 5.20. The number of aliphatic hydroxyl groups excluding tert-OH is 1. The van der Waals surface area contributed by atoms with Gasteiger partial charge in [-0.05, 0) is 42.2 Å². The molecule has 1 aromatic rings. The maximum absolute atomic E-state index is 12.4. The van der Waals surface area contributed by atoms with E-state index in [1.807, 2.05) is 12.1 Å². The van der Waals surface area contributed by atoms with Crippen molar-refractivity contribution in [2.45, 2.75) is 47.0 Å². The molecule has 5 nitrogen and oxygen atoms in total. The molecular formula is C19H31N3O2.